The summed E-state index contributed by atoms with van der Waals surface area (Å²) < 4.78 is 7.75. The van der Waals surface area contributed by atoms with Gasteiger partial charge in [0.2, 0.25) is 0 Å². The van der Waals surface area contributed by atoms with Gasteiger partial charge in [-0.25, -0.2) is 4.68 Å². The first-order chi connectivity index (χ1) is 13.1. The molecule has 1 aromatic heterocycles. The molecule has 0 unspecified atom stereocenters. The van der Waals surface area contributed by atoms with Crippen molar-refractivity contribution in [2.75, 3.05) is 0 Å². The van der Waals surface area contributed by atoms with Crippen molar-refractivity contribution >= 4 is 5.91 Å². The Hall–Kier alpha value is -2.99. The number of carbonyl (C=O) groups excluding carboxylic acids is 1. The van der Waals surface area contributed by atoms with Gasteiger partial charge in [0, 0.05) is 6.54 Å². The van der Waals surface area contributed by atoms with E-state index >= 15 is 0 Å². The summed E-state index contributed by atoms with van der Waals surface area (Å²) in [5, 5.41) is 11.2. The van der Waals surface area contributed by atoms with Crippen LogP contribution in [-0.2, 0) is 24.4 Å². The van der Waals surface area contributed by atoms with Gasteiger partial charge in [0.1, 0.15) is 6.10 Å². The molecule has 0 fully saturated rings. The van der Waals surface area contributed by atoms with Gasteiger partial charge in [0.05, 0.1) is 18.8 Å². The van der Waals surface area contributed by atoms with Crippen LogP contribution in [-0.4, -0.2) is 20.9 Å². The van der Waals surface area contributed by atoms with E-state index in [2.05, 4.69) is 52.9 Å². The number of aryl methyl sites for hydroxylation is 2. The molecule has 6 nitrogen and oxygen atoms in total. The predicted molar refractivity (Wildman–Crippen MR) is 101 cm³/mol. The zero-order chi connectivity index (χ0) is 18.8. The maximum Gasteiger partial charge on any atom is 0.274 e. The van der Waals surface area contributed by atoms with Gasteiger partial charge >= 0.3 is 0 Å². The number of aromatic nitrogens is 3. The third-order valence-corrected chi connectivity index (χ3v) is 4.80. The van der Waals surface area contributed by atoms with Crippen molar-refractivity contribution in [1.82, 2.24) is 20.3 Å². The summed E-state index contributed by atoms with van der Waals surface area (Å²) >= 11 is 0. The SMILES string of the molecule is Cc1ccc([C@H]2Cn3nnc(C(=O)NCc4cccc(C)c4)c3CO2)cc1. The fourth-order valence-electron chi connectivity index (χ4n) is 3.26. The number of fused-ring (bicyclic) bond motifs is 1. The minimum Gasteiger partial charge on any atom is -0.365 e. The van der Waals surface area contributed by atoms with Crippen molar-refractivity contribution < 1.29 is 9.53 Å². The van der Waals surface area contributed by atoms with Gasteiger partial charge in [0.25, 0.3) is 5.91 Å². The van der Waals surface area contributed by atoms with Crippen LogP contribution in [0.3, 0.4) is 0 Å². The Labute approximate surface area is 158 Å². The van der Waals surface area contributed by atoms with Crippen molar-refractivity contribution in [1.29, 1.82) is 0 Å². The Morgan fingerprint density at radius 3 is 2.78 bits per heavy atom. The van der Waals surface area contributed by atoms with Gasteiger partial charge in [-0.1, -0.05) is 64.9 Å². The lowest BCUT2D eigenvalue weighted by atomic mass is 10.1. The third kappa shape index (κ3) is 3.75. The second-order valence-electron chi connectivity index (χ2n) is 6.95. The minimum atomic E-state index is -0.227. The molecule has 2 heterocycles. The minimum absolute atomic E-state index is 0.0806. The Morgan fingerprint density at radius 2 is 2.00 bits per heavy atom. The molecular weight excluding hydrogens is 340 g/mol. The zero-order valence-electron chi connectivity index (χ0n) is 15.5. The van der Waals surface area contributed by atoms with Crippen LogP contribution in [0.4, 0.5) is 0 Å². The highest BCUT2D eigenvalue weighted by atomic mass is 16.5. The second kappa shape index (κ2) is 7.32. The highest BCUT2D eigenvalue weighted by Gasteiger charge is 2.27. The zero-order valence-corrected chi connectivity index (χ0v) is 15.5. The number of nitrogens with zero attached hydrogens (tertiary/aromatic N) is 3. The van der Waals surface area contributed by atoms with Gasteiger partial charge in [0.15, 0.2) is 5.69 Å². The fraction of sp³-hybridized carbons (Fsp3) is 0.286. The Balaban J connectivity index is 1.44. The summed E-state index contributed by atoms with van der Waals surface area (Å²) in [6, 6.07) is 16.3. The maximum atomic E-state index is 12.5. The van der Waals surface area contributed by atoms with Crippen molar-refractivity contribution in [2.45, 2.75) is 39.6 Å². The van der Waals surface area contributed by atoms with E-state index in [4.69, 9.17) is 4.74 Å². The molecule has 1 aliphatic heterocycles. The van der Waals surface area contributed by atoms with Gasteiger partial charge in [-0.3, -0.25) is 4.79 Å². The number of ether oxygens (including phenoxy) is 1. The first-order valence-electron chi connectivity index (χ1n) is 9.04. The van der Waals surface area contributed by atoms with Crippen LogP contribution in [0.1, 0.15) is 44.5 Å². The van der Waals surface area contributed by atoms with E-state index in [-0.39, 0.29) is 12.0 Å². The molecule has 0 bridgehead atoms. The van der Waals surface area contributed by atoms with E-state index < -0.39 is 0 Å². The van der Waals surface area contributed by atoms with Crippen molar-refractivity contribution in [2.24, 2.45) is 0 Å². The predicted octanol–water partition coefficient (Wildman–Crippen LogP) is 3.10. The van der Waals surface area contributed by atoms with Crippen LogP contribution in [0.25, 0.3) is 0 Å². The maximum absolute atomic E-state index is 12.5. The standard InChI is InChI=1S/C21H22N4O2/c1-14-6-8-17(9-7-14)19-12-25-18(13-27-19)20(23-24-25)21(26)22-11-16-5-3-4-15(2)10-16/h3-10,19H,11-13H2,1-2H3,(H,22,26)/t19-/m1/s1. The van der Waals surface area contributed by atoms with Crippen LogP contribution in [0.15, 0.2) is 48.5 Å². The second-order valence-corrected chi connectivity index (χ2v) is 6.95. The summed E-state index contributed by atoms with van der Waals surface area (Å²) in [5.74, 6) is -0.227. The van der Waals surface area contributed by atoms with Gasteiger partial charge in [-0.15, -0.1) is 5.10 Å². The summed E-state index contributed by atoms with van der Waals surface area (Å²) in [4.78, 5) is 12.5. The molecule has 0 radical (unpaired) electrons. The number of amides is 1. The van der Waals surface area contributed by atoms with Crippen LogP contribution in [0.5, 0.6) is 0 Å². The molecule has 0 saturated heterocycles. The number of carbonyl (C=O) groups is 1. The fourth-order valence-corrected chi connectivity index (χ4v) is 3.26. The van der Waals surface area contributed by atoms with E-state index in [9.17, 15) is 4.79 Å². The molecule has 1 aliphatic rings. The molecule has 0 saturated carbocycles. The molecule has 6 heteroatoms. The first kappa shape index (κ1) is 17.4. The quantitative estimate of drug-likeness (QED) is 0.774. The van der Waals surface area contributed by atoms with E-state index in [0.717, 1.165) is 16.8 Å². The lowest BCUT2D eigenvalue weighted by molar-refractivity contribution is -0.00177. The smallest absolute Gasteiger partial charge is 0.274 e. The average molecular weight is 362 g/mol. The number of hydrogen-bond acceptors (Lipinski definition) is 4. The number of nitrogens with one attached hydrogen (secondary N) is 1. The number of rotatable bonds is 4. The van der Waals surface area contributed by atoms with Crippen LogP contribution in [0, 0.1) is 13.8 Å². The molecular formula is C21H22N4O2. The highest BCUT2D eigenvalue weighted by molar-refractivity contribution is 5.93. The summed E-state index contributed by atoms with van der Waals surface area (Å²) in [6.45, 7) is 5.42. The normalized spacial score (nSPS) is 16.0. The van der Waals surface area contributed by atoms with Crippen molar-refractivity contribution in [3.05, 3.63) is 82.2 Å². The molecule has 27 heavy (non-hydrogen) atoms. The van der Waals surface area contributed by atoms with Crippen LogP contribution in [0.2, 0.25) is 0 Å². The van der Waals surface area contributed by atoms with Crippen LogP contribution >= 0.6 is 0 Å². The van der Waals surface area contributed by atoms with Gasteiger partial charge in [-0.05, 0) is 25.0 Å². The molecule has 1 N–H and O–H groups in total. The average Bonchev–Trinajstić information content (AvgIpc) is 3.10. The molecule has 1 amide bonds. The van der Waals surface area contributed by atoms with Gasteiger partial charge in [-0.2, -0.15) is 0 Å². The van der Waals surface area contributed by atoms with E-state index in [1.54, 1.807) is 4.68 Å². The third-order valence-electron chi connectivity index (χ3n) is 4.80. The topological polar surface area (TPSA) is 69.0 Å². The molecule has 0 aliphatic carbocycles. The Bertz CT molecular complexity index is 963. The van der Waals surface area contributed by atoms with E-state index in [0.29, 0.717) is 25.4 Å². The van der Waals surface area contributed by atoms with E-state index in [1.165, 1.54) is 11.1 Å². The molecule has 3 aromatic rings. The van der Waals surface area contributed by atoms with Gasteiger partial charge < -0.3 is 10.1 Å². The molecule has 1 atom stereocenters. The van der Waals surface area contributed by atoms with Crippen LogP contribution < -0.4 is 5.32 Å². The summed E-state index contributed by atoms with van der Waals surface area (Å²) in [7, 11) is 0. The highest BCUT2D eigenvalue weighted by Crippen LogP contribution is 2.27. The summed E-state index contributed by atoms with van der Waals surface area (Å²) in [5.41, 5.74) is 5.60. The monoisotopic (exact) mass is 362 g/mol. The summed E-state index contributed by atoms with van der Waals surface area (Å²) in [6.07, 6.45) is -0.0806. The number of benzene rings is 2. The first-order valence-corrected chi connectivity index (χ1v) is 9.04. The van der Waals surface area contributed by atoms with Crippen molar-refractivity contribution in [3.63, 3.8) is 0 Å². The molecule has 4 rings (SSSR count). The molecule has 2 aromatic carbocycles. The Morgan fingerprint density at radius 1 is 1.19 bits per heavy atom. The lowest BCUT2D eigenvalue weighted by Crippen LogP contribution is -2.27. The largest absolute Gasteiger partial charge is 0.365 e. The molecule has 0 spiro atoms. The number of hydrogen-bond donors (Lipinski definition) is 1. The Kier molecular flexibility index (Phi) is 4.73. The van der Waals surface area contributed by atoms with Crippen molar-refractivity contribution in [3.8, 4) is 0 Å². The lowest BCUT2D eigenvalue weighted by Gasteiger charge is -2.24. The van der Waals surface area contributed by atoms with E-state index in [1.807, 2.05) is 25.1 Å². The molecule has 138 valence electrons.